The van der Waals surface area contributed by atoms with Crippen LogP contribution in [0, 0.1) is 0 Å². The number of hydrogen-bond donors (Lipinski definition) is 1. The van der Waals surface area contributed by atoms with E-state index in [2.05, 4.69) is 10.3 Å². The van der Waals surface area contributed by atoms with Crippen LogP contribution < -0.4 is 10.2 Å². The average Bonchev–Trinajstić information content (AvgIpc) is 2.73. The number of nitrogens with one attached hydrogen (secondary N) is 1. The van der Waals surface area contributed by atoms with E-state index in [1.165, 1.54) is 0 Å². The molecule has 2 heterocycles. The van der Waals surface area contributed by atoms with Gasteiger partial charge in [0.15, 0.2) is 0 Å². The Morgan fingerprint density at radius 3 is 2.96 bits per heavy atom. The van der Waals surface area contributed by atoms with Crippen molar-refractivity contribution in [2.75, 3.05) is 11.9 Å². The molecule has 6 nitrogen and oxygen atoms in total. The molecule has 1 fully saturated rings. The monoisotopic (exact) mass is 314 g/mol. The van der Waals surface area contributed by atoms with Crippen LogP contribution in [0.2, 0.25) is 0 Å². The molecule has 0 saturated carbocycles. The van der Waals surface area contributed by atoms with Crippen LogP contribution in [0.5, 0.6) is 0 Å². The van der Waals surface area contributed by atoms with Gasteiger partial charge >= 0.3 is 0 Å². The second kappa shape index (κ2) is 6.40. The molecule has 1 aromatic carbocycles. The summed E-state index contributed by atoms with van der Waals surface area (Å²) in [6.45, 7) is 0. The van der Waals surface area contributed by atoms with E-state index in [4.69, 9.17) is 0 Å². The molecule has 6 heteroatoms. The number of aromatic nitrogens is 2. The third-order valence-corrected chi connectivity index (χ3v) is 4.43. The Morgan fingerprint density at radius 2 is 2.17 bits per heavy atom. The zero-order valence-electron chi connectivity index (χ0n) is 13.6. The maximum atomic E-state index is 12.6. The Bertz CT molecular complexity index is 737. The van der Waals surface area contributed by atoms with Gasteiger partial charge in [-0.2, -0.15) is 0 Å². The van der Waals surface area contributed by atoms with Gasteiger partial charge in [-0.05, 0) is 25.0 Å². The first-order valence-corrected chi connectivity index (χ1v) is 8.03. The molecule has 1 atom stereocenters. The van der Waals surface area contributed by atoms with Crippen LogP contribution in [-0.2, 0) is 16.6 Å². The van der Waals surface area contributed by atoms with Crippen molar-refractivity contribution >= 4 is 28.8 Å². The standard InChI is InChI=1S/C17H22N4O2/c1-20-14-9-5-4-8-13(14)19-17(20)21(2)16(23)11-12-7-3-6-10-15(22)18-12/h4-5,8-9,12H,3,6-7,10-11H2,1-2H3,(H,18,22). The van der Waals surface area contributed by atoms with Gasteiger partial charge in [0.25, 0.3) is 0 Å². The van der Waals surface area contributed by atoms with E-state index >= 15 is 0 Å². The Hall–Kier alpha value is -2.37. The number of imidazole rings is 1. The lowest BCUT2D eigenvalue weighted by Gasteiger charge is -2.20. The van der Waals surface area contributed by atoms with Crippen LogP contribution in [0.4, 0.5) is 5.95 Å². The topological polar surface area (TPSA) is 67.2 Å². The first-order chi connectivity index (χ1) is 11.1. The number of fused-ring (bicyclic) bond motifs is 1. The van der Waals surface area contributed by atoms with Crippen molar-refractivity contribution in [3.05, 3.63) is 24.3 Å². The summed E-state index contributed by atoms with van der Waals surface area (Å²) in [7, 11) is 3.64. The van der Waals surface area contributed by atoms with E-state index < -0.39 is 0 Å². The van der Waals surface area contributed by atoms with Crippen molar-refractivity contribution in [1.29, 1.82) is 0 Å². The molecule has 0 spiro atoms. The van der Waals surface area contributed by atoms with Crippen molar-refractivity contribution in [2.24, 2.45) is 7.05 Å². The lowest BCUT2D eigenvalue weighted by Crippen LogP contribution is -2.39. The number of para-hydroxylation sites is 2. The number of hydrogen-bond acceptors (Lipinski definition) is 3. The highest BCUT2D eigenvalue weighted by Gasteiger charge is 2.23. The predicted octanol–water partition coefficient (Wildman–Crippen LogP) is 1.98. The van der Waals surface area contributed by atoms with E-state index in [9.17, 15) is 9.59 Å². The molecule has 2 amide bonds. The summed E-state index contributed by atoms with van der Waals surface area (Å²) >= 11 is 0. The van der Waals surface area contributed by atoms with Gasteiger partial charge in [0, 0.05) is 33.0 Å². The van der Waals surface area contributed by atoms with Crippen molar-refractivity contribution < 1.29 is 9.59 Å². The highest BCUT2D eigenvalue weighted by Crippen LogP contribution is 2.21. The third-order valence-electron chi connectivity index (χ3n) is 4.43. The number of carbonyl (C=O) groups excluding carboxylic acids is 2. The summed E-state index contributed by atoms with van der Waals surface area (Å²) < 4.78 is 1.92. The minimum absolute atomic E-state index is 0.0318. The predicted molar refractivity (Wildman–Crippen MR) is 89.1 cm³/mol. The zero-order chi connectivity index (χ0) is 16.4. The minimum atomic E-state index is -0.0744. The Kier molecular flexibility index (Phi) is 4.32. The van der Waals surface area contributed by atoms with Gasteiger partial charge in [0.05, 0.1) is 11.0 Å². The molecule has 122 valence electrons. The Balaban J connectivity index is 1.75. The molecule has 3 rings (SSSR count). The quantitative estimate of drug-likeness (QED) is 0.942. The van der Waals surface area contributed by atoms with Crippen LogP contribution >= 0.6 is 0 Å². The molecule has 1 aliphatic heterocycles. The molecule has 1 aliphatic rings. The number of aryl methyl sites for hydroxylation is 1. The van der Waals surface area contributed by atoms with Gasteiger partial charge in [-0.25, -0.2) is 4.98 Å². The highest BCUT2D eigenvalue weighted by molar-refractivity contribution is 5.94. The first-order valence-electron chi connectivity index (χ1n) is 8.03. The SMILES string of the molecule is CN(C(=O)CC1CCCCC(=O)N1)c1nc2ccccc2n1C. The summed E-state index contributed by atoms with van der Waals surface area (Å²) in [5.41, 5.74) is 1.86. The summed E-state index contributed by atoms with van der Waals surface area (Å²) in [5, 5.41) is 2.94. The smallest absolute Gasteiger partial charge is 0.231 e. The Morgan fingerprint density at radius 1 is 1.39 bits per heavy atom. The number of anilines is 1. The molecule has 1 aromatic heterocycles. The molecule has 23 heavy (non-hydrogen) atoms. The number of amides is 2. The normalized spacial score (nSPS) is 18.5. The van der Waals surface area contributed by atoms with Crippen LogP contribution in [0.3, 0.4) is 0 Å². The fraction of sp³-hybridized carbons (Fsp3) is 0.471. The average molecular weight is 314 g/mol. The number of rotatable bonds is 3. The largest absolute Gasteiger partial charge is 0.353 e. The molecule has 1 unspecified atom stereocenters. The van der Waals surface area contributed by atoms with Gasteiger partial charge in [0.2, 0.25) is 17.8 Å². The Labute approximate surface area is 135 Å². The van der Waals surface area contributed by atoms with Gasteiger partial charge in [-0.15, -0.1) is 0 Å². The third kappa shape index (κ3) is 3.21. The second-order valence-corrected chi connectivity index (χ2v) is 6.13. The van der Waals surface area contributed by atoms with Crippen LogP contribution in [-0.4, -0.2) is 34.5 Å². The van der Waals surface area contributed by atoms with Crippen molar-refractivity contribution in [3.8, 4) is 0 Å². The first kappa shape index (κ1) is 15.5. The maximum Gasteiger partial charge on any atom is 0.231 e. The molecule has 0 bridgehead atoms. The van der Waals surface area contributed by atoms with Crippen molar-refractivity contribution in [3.63, 3.8) is 0 Å². The second-order valence-electron chi connectivity index (χ2n) is 6.13. The number of carbonyl (C=O) groups is 2. The molecule has 2 aromatic rings. The van der Waals surface area contributed by atoms with Crippen LogP contribution in [0.15, 0.2) is 24.3 Å². The molecule has 1 N–H and O–H groups in total. The minimum Gasteiger partial charge on any atom is -0.353 e. The molecule has 1 saturated heterocycles. The maximum absolute atomic E-state index is 12.6. The summed E-state index contributed by atoms with van der Waals surface area (Å²) in [6.07, 6.45) is 3.61. The molecule has 0 aliphatic carbocycles. The van der Waals surface area contributed by atoms with Gasteiger partial charge in [-0.1, -0.05) is 18.6 Å². The molecular formula is C17H22N4O2. The zero-order valence-corrected chi connectivity index (χ0v) is 13.6. The van der Waals surface area contributed by atoms with Crippen LogP contribution in [0.25, 0.3) is 11.0 Å². The van der Waals surface area contributed by atoms with Crippen molar-refractivity contribution in [2.45, 2.75) is 38.1 Å². The number of benzene rings is 1. The lowest BCUT2D eigenvalue weighted by atomic mass is 10.1. The summed E-state index contributed by atoms with van der Waals surface area (Å²) in [5.74, 6) is 0.637. The van der Waals surface area contributed by atoms with Gasteiger partial charge < -0.3 is 9.88 Å². The van der Waals surface area contributed by atoms with Crippen molar-refractivity contribution in [1.82, 2.24) is 14.9 Å². The summed E-state index contributed by atoms with van der Waals surface area (Å²) in [4.78, 5) is 30.3. The molecule has 0 radical (unpaired) electrons. The highest BCUT2D eigenvalue weighted by atomic mass is 16.2. The van der Waals surface area contributed by atoms with E-state index in [0.29, 0.717) is 18.8 Å². The lowest BCUT2D eigenvalue weighted by molar-refractivity contribution is -0.122. The van der Waals surface area contributed by atoms with Gasteiger partial charge in [0.1, 0.15) is 0 Å². The molecular weight excluding hydrogens is 292 g/mol. The van der Waals surface area contributed by atoms with E-state index in [1.54, 1.807) is 11.9 Å². The number of nitrogens with zero attached hydrogens (tertiary/aromatic N) is 3. The van der Waals surface area contributed by atoms with E-state index in [-0.39, 0.29) is 17.9 Å². The van der Waals surface area contributed by atoms with E-state index in [1.807, 2.05) is 35.9 Å². The van der Waals surface area contributed by atoms with E-state index in [0.717, 1.165) is 30.3 Å². The van der Waals surface area contributed by atoms with Gasteiger partial charge in [-0.3, -0.25) is 14.5 Å². The van der Waals surface area contributed by atoms with Crippen LogP contribution in [0.1, 0.15) is 32.1 Å². The fourth-order valence-corrected chi connectivity index (χ4v) is 3.09. The fourth-order valence-electron chi connectivity index (χ4n) is 3.09. The summed E-state index contributed by atoms with van der Waals surface area (Å²) in [6, 6.07) is 7.73.